The maximum atomic E-state index is 13.9. The first-order valence-electron chi connectivity index (χ1n) is 24.1. The largest absolute Gasteiger partial charge is 0.466 e. The van der Waals surface area contributed by atoms with E-state index in [2.05, 4.69) is 36.2 Å². The highest BCUT2D eigenvalue weighted by molar-refractivity contribution is 5.90. The van der Waals surface area contributed by atoms with E-state index in [0.29, 0.717) is 95.2 Å². The molecule has 0 heterocycles. The highest BCUT2D eigenvalue weighted by Gasteiger charge is 2.39. The predicted octanol–water partition coefficient (Wildman–Crippen LogP) is 9.59. The Morgan fingerprint density at radius 1 is 0.563 bits per heavy atom. The topological polar surface area (TPSA) is 158 Å². The van der Waals surface area contributed by atoms with Gasteiger partial charge in [-0.1, -0.05) is 42.4 Å². The van der Waals surface area contributed by atoms with Gasteiger partial charge in [-0.2, -0.15) is 0 Å². The average Bonchev–Trinajstić information content (AvgIpc) is 3.40. The highest BCUT2D eigenvalue weighted by atomic mass is 16.7. The first-order valence-corrected chi connectivity index (χ1v) is 24.1. The van der Waals surface area contributed by atoms with Crippen LogP contribution in [0.15, 0.2) is 110 Å². The van der Waals surface area contributed by atoms with Gasteiger partial charge < -0.3 is 28.4 Å². The molecule has 0 spiro atoms. The molecular weight excluding hydrogens is 901 g/mol. The van der Waals surface area contributed by atoms with Crippen molar-refractivity contribution in [3.8, 4) is 47.5 Å². The molecule has 3 aliphatic carbocycles. The quantitative estimate of drug-likeness (QED) is 0.0313. The van der Waals surface area contributed by atoms with Gasteiger partial charge in [0, 0.05) is 28.3 Å². The molecular formula is C59H56O12. The Hall–Kier alpha value is -7.88. The van der Waals surface area contributed by atoms with Crippen LogP contribution < -0.4 is 9.47 Å². The molecule has 0 aliphatic heterocycles. The molecule has 4 aromatic carbocycles. The summed E-state index contributed by atoms with van der Waals surface area (Å²) in [5, 5.41) is 0. The number of esters is 6. The summed E-state index contributed by atoms with van der Waals surface area (Å²) in [6.45, 7) is 4.92. The SMILES string of the molecule is C#Cc1ccc(C#Cc2ccc(C#CC3(OC(=O)c4ccc(OC(=O)C5CCC(C(=O)OCC)CC5)cc4)CCC(c4ccc(OC(=O)C5CCC(C(=O)OCOC(=O)C=C)CC5)cc4)CC3)cc2)cc1. The van der Waals surface area contributed by atoms with E-state index in [1.807, 2.05) is 60.7 Å². The van der Waals surface area contributed by atoms with Crippen molar-refractivity contribution in [3.05, 3.63) is 143 Å². The summed E-state index contributed by atoms with van der Waals surface area (Å²) in [6, 6.07) is 28.8. The fraction of sp³-hybridized carbons (Fsp3) is 0.356. The summed E-state index contributed by atoms with van der Waals surface area (Å²) in [6.07, 6.45) is 12.7. The normalized spacial score (nSPS) is 21.4. The molecule has 12 heteroatoms. The second kappa shape index (κ2) is 24.6. The van der Waals surface area contributed by atoms with Crippen molar-refractivity contribution in [1.82, 2.24) is 0 Å². The van der Waals surface area contributed by atoms with E-state index in [4.69, 9.17) is 34.8 Å². The maximum absolute atomic E-state index is 13.9. The number of carbonyl (C=O) groups is 6. The Labute approximate surface area is 414 Å². The zero-order valence-corrected chi connectivity index (χ0v) is 39.8. The van der Waals surface area contributed by atoms with Crippen molar-refractivity contribution in [2.75, 3.05) is 13.4 Å². The first kappa shape index (κ1) is 51.0. The molecule has 0 radical (unpaired) electrons. The van der Waals surface area contributed by atoms with Crippen LogP contribution in [-0.4, -0.2) is 54.8 Å². The fourth-order valence-corrected chi connectivity index (χ4v) is 9.10. The van der Waals surface area contributed by atoms with Gasteiger partial charge in [0.25, 0.3) is 0 Å². The summed E-state index contributed by atoms with van der Waals surface area (Å²) in [5.74, 6) is 12.4. The summed E-state index contributed by atoms with van der Waals surface area (Å²) < 4.78 is 32.7. The van der Waals surface area contributed by atoms with E-state index in [-0.39, 0.29) is 53.1 Å². The Kier molecular flexibility index (Phi) is 17.7. The van der Waals surface area contributed by atoms with Gasteiger partial charge in [0.15, 0.2) is 5.60 Å². The summed E-state index contributed by atoms with van der Waals surface area (Å²) in [4.78, 5) is 75.8. The standard InChI is InChI=1S/C59H56O12/c1-4-40-7-9-41(10-8-40)11-12-42-13-15-43(16-14-42)33-36-59(71-58(65)50-27-31-52(32-28-50)70-57(64)48-21-17-46(18-22-48)54(61)66-6-3)37-34-45(35-38-59)44-25-29-51(30-26-44)69-56(63)49-23-19-47(20-24-49)55(62)68-39-67-53(60)5-2/h1,5,7-10,13-16,25-32,45-49H,2,6,17-24,34-35,37-39H2,3H3. The lowest BCUT2D eigenvalue weighted by Gasteiger charge is -2.36. The maximum Gasteiger partial charge on any atom is 0.339 e. The van der Waals surface area contributed by atoms with E-state index in [1.54, 1.807) is 43.3 Å². The molecule has 0 unspecified atom stereocenters. The van der Waals surface area contributed by atoms with Gasteiger partial charge in [-0.3, -0.25) is 19.2 Å². The number of hydrogen-bond donors (Lipinski definition) is 0. The van der Waals surface area contributed by atoms with Crippen LogP contribution in [0, 0.1) is 59.7 Å². The minimum atomic E-state index is -1.10. The number of rotatable bonds is 13. The molecule has 0 bridgehead atoms. The number of hydrogen-bond acceptors (Lipinski definition) is 12. The van der Waals surface area contributed by atoms with Crippen LogP contribution in [0.5, 0.6) is 11.5 Å². The average molecular weight is 957 g/mol. The van der Waals surface area contributed by atoms with Crippen LogP contribution >= 0.6 is 0 Å². The van der Waals surface area contributed by atoms with E-state index >= 15 is 0 Å². The summed E-state index contributed by atoms with van der Waals surface area (Å²) in [7, 11) is 0. The molecule has 0 saturated heterocycles. The van der Waals surface area contributed by atoms with Gasteiger partial charge in [-0.25, -0.2) is 9.59 Å². The van der Waals surface area contributed by atoms with E-state index in [0.717, 1.165) is 33.9 Å². The molecule has 0 aromatic heterocycles. The van der Waals surface area contributed by atoms with Crippen molar-refractivity contribution in [3.63, 3.8) is 0 Å². The third-order valence-corrected chi connectivity index (χ3v) is 13.3. The van der Waals surface area contributed by atoms with Gasteiger partial charge in [0.2, 0.25) is 6.79 Å². The smallest absolute Gasteiger partial charge is 0.339 e. The highest BCUT2D eigenvalue weighted by Crippen LogP contribution is 2.41. The third-order valence-electron chi connectivity index (χ3n) is 13.3. The van der Waals surface area contributed by atoms with Crippen molar-refractivity contribution in [2.24, 2.45) is 23.7 Å². The number of ether oxygens (including phenoxy) is 6. The van der Waals surface area contributed by atoms with Crippen LogP contribution in [0.4, 0.5) is 0 Å². The molecule has 4 aromatic rings. The van der Waals surface area contributed by atoms with Gasteiger partial charge in [0.1, 0.15) is 11.5 Å². The zero-order valence-electron chi connectivity index (χ0n) is 39.8. The number of benzene rings is 4. The Balaban J connectivity index is 0.971. The second-order valence-electron chi connectivity index (χ2n) is 18.0. The predicted molar refractivity (Wildman–Crippen MR) is 262 cm³/mol. The van der Waals surface area contributed by atoms with Gasteiger partial charge in [-0.15, -0.1) is 6.42 Å². The number of terminal acetylenes is 1. The van der Waals surface area contributed by atoms with Crippen molar-refractivity contribution < 1.29 is 57.2 Å². The Bertz CT molecular complexity index is 2720. The van der Waals surface area contributed by atoms with E-state index in [9.17, 15) is 28.8 Å². The van der Waals surface area contributed by atoms with Crippen molar-refractivity contribution in [1.29, 1.82) is 0 Å². The lowest BCUT2D eigenvalue weighted by atomic mass is 9.76. The molecule has 3 saturated carbocycles. The molecule has 3 aliphatic rings. The van der Waals surface area contributed by atoms with E-state index < -0.39 is 30.3 Å². The third kappa shape index (κ3) is 14.3. The van der Waals surface area contributed by atoms with Crippen molar-refractivity contribution in [2.45, 2.75) is 95.5 Å². The fourth-order valence-electron chi connectivity index (χ4n) is 9.10. The molecule has 71 heavy (non-hydrogen) atoms. The minimum absolute atomic E-state index is 0.124. The summed E-state index contributed by atoms with van der Waals surface area (Å²) in [5.41, 5.74) is 3.40. The molecule has 12 nitrogen and oxygen atoms in total. The summed E-state index contributed by atoms with van der Waals surface area (Å²) >= 11 is 0. The van der Waals surface area contributed by atoms with Crippen LogP contribution in [0.3, 0.4) is 0 Å². The van der Waals surface area contributed by atoms with Crippen LogP contribution in [0.25, 0.3) is 0 Å². The molecule has 0 N–H and O–H groups in total. The monoisotopic (exact) mass is 956 g/mol. The molecule has 7 rings (SSSR count). The molecule has 0 atom stereocenters. The second-order valence-corrected chi connectivity index (χ2v) is 18.0. The molecule has 3 fully saturated rings. The lowest BCUT2D eigenvalue weighted by molar-refractivity contribution is -0.169. The van der Waals surface area contributed by atoms with Crippen molar-refractivity contribution >= 4 is 35.8 Å². The molecule has 364 valence electrons. The lowest BCUT2D eigenvalue weighted by Crippen LogP contribution is -2.37. The molecule has 0 amide bonds. The number of carbonyl (C=O) groups excluding carboxylic acids is 6. The van der Waals surface area contributed by atoms with Gasteiger partial charge in [-0.05, 0) is 186 Å². The Morgan fingerprint density at radius 2 is 1.00 bits per heavy atom. The van der Waals surface area contributed by atoms with Gasteiger partial charge in [0.05, 0.1) is 35.8 Å². The van der Waals surface area contributed by atoms with Crippen LogP contribution in [0.1, 0.15) is 128 Å². The zero-order chi connectivity index (χ0) is 50.2. The minimum Gasteiger partial charge on any atom is -0.466 e. The first-order chi connectivity index (χ1) is 34.4. The van der Waals surface area contributed by atoms with Gasteiger partial charge >= 0.3 is 35.8 Å². The van der Waals surface area contributed by atoms with Crippen LogP contribution in [0.2, 0.25) is 0 Å². The Morgan fingerprint density at radius 3 is 1.46 bits per heavy atom. The van der Waals surface area contributed by atoms with E-state index in [1.165, 1.54) is 0 Å². The van der Waals surface area contributed by atoms with Crippen LogP contribution in [-0.2, 0) is 42.9 Å².